The number of carbonyl (C=O) groups is 2. The van der Waals surface area contributed by atoms with Gasteiger partial charge in [-0.2, -0.15) is 0 Å². The Morgan fingerprint density at radius 3 is 1.33 bits per heavy atom. The van der Waals surface area contributed by atoms with Crippen molar-refractivity contribution < 1.29 is 39.2 Å². The van der Waals surface area contributed by atoms with Gasteiger partial charge in [0.05, 0.1) is 35.6 Å². The molecule has 6 rings (SSSR count). The maximum absolute atomic E-state index is 13.2. The molecular weight excluding hydrogens is 662 g/mol. The Hall–Kier alpha value is -5.15. The number of nitrogens with one attached hydrogen (secondary N) is 2. The van der Waals surface area contributed by atoms with Crippen LogP contribution < -0.4 is 21.8 Å². The van der Waals surface area contributed by atoms with Gasteiger partial charge in [0.1, 0.15) is 13.2 Å². The highest BCUT2D eigenvalue weighted by Gasteiger charge is 2.17. The highest BCUT2D eigenvalue weighted by Crippen LogP contribution is 2.26. The van der Waals surface area contributed by atoms with E-state index >= 15 is 0 Å². The second-order valence-electron chi connectivity index (χ2n) is 11.9. The smallest absolute Gasteiger partial charge is 0.423 e. The fourth-order valence-corrected chi connectivity index (χ4v) is 5.67. The lowest BCUT2D eigenvalue weighted by Gasteiger charge is -2.11. The maximum atomic E-state index is 13.2. The first-order valence-electron chi connectivity index (χ1n) is 16.7. The number of hydrogen-bond donors (Lipinski definition) is 6. The summed E-state index contributed by atoms with van der Waals surface area (Å²) in [6.07, 6.45) is 0. The first kappa shape index (κ1) is 36.6. The zero-order chi connectivity index (χ0) is 36.5. The summed E-state index contributed by atoms with van der Waals surface area (Å²) >= 11 is 0. The third-order valence-electron chi connectivity index (χ3n) is 8.38. The molecule has 52 heavy (non-hydrogen) atoms. The molecule has 14 heteroatoms. The van der Waals surface area contributed by atoms with E-state index in [2.05, 4.69) is 10.9 Å². The molecule has 0 amide bonds. The van der Waals surface area contributed by atoms with Gasteiger partial charge in [0, 0.05) is 46.1 Å². The number of hydrazine groups is 1. The van der Waals surface area contributed by atoms with Gasteiger partial charge in [0.15, 0.2) is 11.6 Å². The Bertz CT molecular complexity index is 2010. The predicted molar refractivity (Wildman–Crippen MR) is 200 cm³/mol. The van der Waals surface area contributed by atoms with Crippen molar-refractivity contribution in [1.29, 1.82) is 0 Å². The molecule has 12 nitrogen and oxygen atoms in total. The number of Topliss-reactive ketones (excluding diaryl/α,β-unsaturated/α-hetero) is 2. The number of pyridine rings is 2. The van der Waals surface area contributed by atoms with Crippen LogP contribution in [-0.4, -0.2) is 95.4 Å². The summed E-state index contributed by atoms with van der Waals surface area (Å²) in [5, 5.41) is 39.1. The Morgan fingerprint density at radius 1 is 0.558 bits per heavy atom. The van der Waals surface area contributed by atoms with E-state index in [9.17, 15) is 29.7 Å². The monoisotopic (exact) mass is 698 g/mol. The molecule has 6 N–H and O–H groups in total. The molecule has 262 valence electrons. The largest absolute Gasteiger partial charge is 0.488 e. The molecule has 0 aliphatic carbocycles. The predicted octanol–water partition coefficient (Wildman–Crippen LogP) is 1.67. The molecule has 0 unspecified atom stereocenters. The van der Waals surface area contributed by atoms with Crippen molar-refractivity contribution in [2.24, 2.45) is 0 Å². The van der Waals surface area contributed by atoms with Crippen molar-refractivity contribution in [3.8, 4) is 22.5 Å². The molecule has 4 aromatic carbocycles. The molecule has 0 spiro atoms. The van der Waals surface area contributed by atoms with Crippen LogP contribution in [0.5, 0.6) is 0 Å². The number of ether oxygens (including phenoxy) is 2. The SMILES string of the molecule is O=C(COCCNNCCOCC(=O)c1cc(-c2ccc(B(O)O)cc2)nc2ccccc12)c1cc(-c2ccc(B(O)O)cc2)nc2ccccc12. The summed E-state index contributed by atoms with van der Waals surface area (Å²) < 4.78 is 11.3. The molecule has 2 heterocycles. The molecule has 0 fully saturated rings. The summed E-state index contributed by atoms with van der Waals surface area (Å²) in [5.74, 6) is -0.386. The van der Waals surface area contributed by atoms with Crippen LogP contribution in [0.2, 0.25) is 0 Å². The number of hydrogen-bond acceptors (Lipinski definition) is 12. The van der Waals surface area contributed by atoms with E-state index in [0.29, 0.717) is 68.3 Å². The van der Waals surface area contributed by atoms with Crippen LogP contribution in [0.1, 0.15) is 20.7 Å². The molecule has 0 saturated heterocycles. The van der Waals surface area contributed by atoms with Crippen LogP contribution in [0.25, 0.3) is 44.3 Å². The summed E-state index contributed by atoms with van der Waals surface area (Å²) in [7, 11) is -3.14. The molecule has 0 aliphatic heterocycles. The number of ketones is 2. The quantitative estimate of drug-likeness (QED) is 0.0351. The number of carbonyl (C=O) groups excluding carboxylic acids is 2. The third kappa shape index (κ3) is 9.01. The van der Waals surface area contributed by atoms with Gasteiger partial charge in [-0.05, 0) is 35.2 Å². The Balaban J connectivity index is 0.945. The second-order valence-corrected chi connectivity index (χ2v) is 11.9. The standard InChI is InChI=1S/C38H36B2N4O8/c45-37(31-21-35(43-33-7-3-1-5-29(31)33)25-9-13-27(14-10-25)39(47)48)23-51-19-17-41-42-18-20-52-24-38(46)32-22-36(44-34-8-4-2-6-30(32)34)26-11-15-28(16-12-26)40(49)50/h1-16,21-22,41-42,47-50H,17-20,23-24H2. The lowest BCUT2D eigenvalue weighted by molar-refractivity contribution is 0.0736. The van der Waals surface area contributed by atoms with Crippen molar-refractivity contribution in [1.82, 2.24) is 20.8 Å². The summed E-state index contributed by atoms with van der Waals surface area (Å²) in [6.45, 7) is 1.11. The van der Waals surface area contributed by atoms with E-state index < -0.39 is 14.2 Å². The van der Waals surface area contributed by atoms with Crippen molar-refractivity contribution in [2.75, 3.05) is 39.5 Å². The fourth-order valence-electron chi connectivity index (χ4n) is 5.67. The Labute approximate surface area is 300 Å². The summed E-state index contributed by atoms with van der Waals surface area (Å²) in [4.78, 5) is 35.8. The van der Waals surface area contributed by atoms with Crippen molar-refractivity contribution in [3.63, 3.8) is 0 Å². The van der Waals surface area contributed by atoms with Crippen molar-refractivity contribution in [3.05, 3.63) is 120 Å². The number of rotatable bonds is 17. The second kappa shape index (κ2) is 17.4. The van der Waals surface area contributed by atoms with E-state index in [1.807, 2.05) is 48.5 Å². The molecule has 2 aromatic heterocycles. The minimum Gasteiger partial charge on any atom is -0.423 e. The van der Waals surface area contributed by atoms with E-state index in [1.54, 1.807) is 60.7 Å². The molecule has 6 aromatic rings. The normalized spacial score (nSPS) is 11.2. The van der Waals surface area contributed by atoms with Crippen LogP contribution in [0.3, 0.4) is 0 Å². The molecule has 0 saturated carbocycles. The summed E-state index contributed by atoms with van der Waals surface area (Å²) in [5.41, 5.74) is 11.7. The van der Waals surface area contributed by atoms with Gasteiger partial charge >= 0.3 is 14.2 Å². The number of para-hydroxylation sites is 2. The van der Waals surface area contributed by atoms with Crippen molar-refractivity contribution in [2.45, 2.75) is 0 Å². The Morgan fingerprint density at radius 2 is 0.942 bits per heavy atom. The zero-order valence-electron chi connectivity index (χ0n) is 28.1. The lowest BCUT2D eigenvalue weighted by atomic mass is 9.80. The molecule has 0 radical (unpaired) electrons. The number of nitrogens with zero attached hydrogens (tertiary/aromatic N) is 2. The third-order valence-corrected chi connectivity index (χ3v) is 8.38. The molecule has 0 bridgehead atoms. The van der Waals surface area contributed by atoms with Gasteiger partial charge in [-0.3, -0.25) is 20.4 Å². The van der Waals surface area contributed by atoms with Crippen LogP contribution in [0.15, 0.2) is 109 Å². The lowest BCUT2D eigenvalue weighted by Crippen LogP contribution is -2.37. The molecule has 0 atom stereocenters. The van der Waals surface area contributed by atoms with Gasteiger partial charge in [-0.25, -0.2) is 9.97 Å². The van der Waals surface area contributed by atoms with E-state index in [-0.39, 0.29) is 38.0 Å². The number of benzene rings is 4. The maximum Gasteiger partial charge on any atom is 0.488 e. The number of fused-ring (bicyclic) bond motifs is 2. The summed E-state index contributed by atoms with van der Waals surface area (Å²) in [6, 6.07) is 31.5. The molecular formula is C38H36B2N4O8. The highest BCUT2D eigenvalue weighted by atomic mass is 16.5. The van der Waals surface area contributed by atoms with E-state index in [0.717, 1.165) is 11.1 Å². The average Bonchev–Trinajstić information content (AvgIpc) is 3.17. The molecule has 0 aliphatic rings. The van der Waals surface area contributed by atoms with Gasteiger partial charge < -0.3 is 29.6 Å². The van der Waals surface area contributed by atoms with Gasteiger partial charge in [0.25, 0.3) is 0 Å². The van der Waals surface area contributed by atoms with Crippen LogP contribution in [-0.2, 0) is 9.47 Å². The van der Waals surface area contributed by atoms with Crippen LogP contribution in [0, 0.1) is 0 Å². The topological polar surface area (TPSA) is 183 Å². The van der Waals surface area contributed by atoms with Gasteiger partial charge in [0.2, 0.25) is 0 Å². The Kier molecular flexibility index (Phi) is 12.2. The van der Waals surface area contributed by atoms with Crippen LogP contribution >= 0.6 is 0 Å². The van der Waals surface area contributed by atoms with Gasteiger partial charge in [-0.1, -0.05) is 84.9 Å². The number of aromatic nitrogens is 2. The van der Waals surface area contributed by atoms with E-state index in [4.69, 9.17) is 19.4 Å². The zero-order valence-corrected chi connectivity index (χ0v) is 28.1. The van der Waals surface area contributed by atoms with Gasteiger partial charge in [-0.15, -0.1) is 0 Å². The van der Waals surface area contributed by atoms with E-state index in [1.165, 1.54) is 0 Å². The first-order chi connectivity index (χ1) is 25.3. The average molecular weight is 698 g/mol. The van der Waals surface area contributed by atoms with Crippen LogP contribution in [0.4, 0.5) is 0 Å². The highest BCUT2D eigenvalue weighted by molar-refractivity contribution is 6.59. The fraction of sp³-hybridized carbons (Fsp3) is 0.158. The minimum atomic E-state index is -1.57. The first-order valence-corrected chi connectivity index (χ1v) is 16.7. The van der Waals surface area contributed by atoms with Crippen molar-refractivity contribution >= 4 is 58.5 Å². The minimum absolute atomic E-state index is 0.126.